The van der Waals surface area contributed by atoms with Crippen LogP contribution >= 0.6 is 15.6 Å². The van der Waals surface area contributed by atoms with Crippen LogP contribution in [0.5, 0.6) is 0 Å². The summed E-state index contributed by atoms with van der Waals surface area (Å²) in [5.74, 6) is -1.30. The van der Waals surface area contributed by atoms with Crippen LogP contribution in [-0.4, -0.2) is 96.7 Å². The molecule has 0 aromatic carbocycles. The maximum atomic E-state index is 13.0. The molecule has 3 N–H and O–H groups in total. The molecule has 0 aromatic heterocycles. The van der Waals surface area contributed by atoms with Crippen molar-refractivity contribution < 1.29 is 80.2 Å². The highest BCUT2D eigenvalue weighted by Crippen LogP contribution is 2.45. The van der Waals surface area contributed by atoms with Crippen molar-refractivity contribution in [2.24, 2.45) is 5.92 Å². The summed E-state index contributed by atoms with van der Waals surface area (Å²) in [5, 5.41) is 10.5. The van der Waals surface area contributed by atoms with Gasteiger partial charge >= 0.3 is 39.5 Å². The number of carbonyl (C=O) groups is 4. The van der Waals surface area contributed by atoms with Crippen molar-refractivity contribution in [3.05, 3.63) is 0 Å². The van der Waals surface area contributed by atoms with Crippen molar-refractivity contribution in [2.75, 3.05) is 39.6 Å². The van der Waals surface area contributed by atoms with Gasteiger partial charge in [0.05, 0.1) is 26.4 Å². The molecule has 17 nitrogen and oxygen atoms in total. The average Bonchev–Trinajstić information content (AvgIpc) is 3.45. The van der Waals surface area contributed by atoms with E-state index in [-0.39, 0.29) is 25.7 Å². The number of hydrogen-bond donors (Lipinski definition) is 3. The lowest BCUT2D eigenvalue weighted by molar-refractivity contribution is -0.161. The molecule has 0 aliphatic carbocycles. The van der Waals surface area contributed by atoms with Gasteiger partial charge in [-0.25, -0.2) is 9.13 Å². The van der Waals surface area contributed by atoms with Crippen LogP contribution in [0.15, 0.2) is 0 Å². The van der Waals surface area contributed by atoms with Gasteiger partial charge in [-0.05, 0) is 31.6 Å². The van der Waals surface area contributed by atoms with Gasteiger partial charge in [0.2, 0.25) is 0 Å². The first-order valence-corrected chi connectivity index (χ1v) is 36.2. The van der Waals surface area contributed by atoms with Crippen LogP contribution in [0.1, 0.15) is 317 Å². The SMILES string of the molecule is CCCCCCCCCCCCC(=O)OC[C@H](COP(=O)(O)OC[C@@H](O)COP(=O)(O)OC[C@@H](COC(=O)CCCCCCCCC)OC(=O)CCCCCCCCC)OC(=O)CCCCCCCCCCCCCCCCC(C)CC. The summed E-state index contributed by atoms with van der Waals surface area (Å²) < 4.78 is 67.7. The van der Waals surface area contributed by atoms with Gasteiger partial charge in [-0.1, -0.05) is 266 Å². The molecule has 0 saturated carbocycles. The summed E-state index contributed by atoms with van der Waals surface area (Å²) in [6, 6.07) is 0. The lowest BCUT2D eigenvalue weighted by Crippen LogP contribution is -2.30. The first-order valence-electron chi connectivity index (χ1n) is 33.2. The van der Waals surface area contributed by atoms with E-state index in [1.807, 2.05) is 0 Å². The van der Waals surface area contributed by atoms with Crippen LogP contribution < -0.4 is 0 Å². The number of carbonyl (C=O) groups excluding carboxylic acids is 4. The van der Waals surface area contributed by atoms with Gasteiger partial charge < -0.3 is 33.8 Å². The molecule has 19 heteroatoms. The smallest absolute Gasteiger partial charge is 0.462 e. The highest BCUT2D eigenvalue weighted by molar-refractivity contribution is 7.47. The molecule has 0 aliphatic rings. The maximum absolute atomic E-state index is 13.0. The Morgan fingerprint density at radius 2 is 0.585 bits per heavy atom. The fourth-order valence-electron chi connectivity index (χ4n) is 9.37. The van der Waals surface area contributed by atoms with E-state index in [1.54, 1.807) is 0 Å². The number of ether oxygens (including phenoxy) is 4. The lowest BCUT2D eigenvalue weighted by Gasteiger charge is -2.21. The summed E-state index contributed by atoms with van der Waals surface area (Å²) in [7, 11) is -9.87. The zero-order chi connectivity index (χ0) is 60.6. The maximum Gasteiger partial charge on any atom is 0.472 e. The topological polar surface area (TPSA) is 237 Å². The largest absolute Gasteiger partial charge is 0.472 e. The summed E-state index contributed by atoms with van der Waals surface area (Å²) in [6.45, 7) is 7.15. The molecule has 0 bridgehead atoms. The van der Waals surface area contributed by atoms with E-state index in [0.717, 1.165) is 121 Å². The quantitative estimate of drug-likeness (QED) is 0.0222. The number of aliphatic hydroxyl groups is 1. The number of aliphatic hydroxyl groups excluding tert-OH is 1. The van der Waals surface area contributed by atoms with E-state index >= 15 is 0 Å². The Hall–Kier alpha value is -1.94. The minimum absolute atomic E-state index is 0.103. The Kier molecular flexibility index (Phi) is 55.5. The van der Waals surface area contributed by atoms with Gasteiger partial charge in [0.1, 0.15) is 19.3 Å². The van der Waals surface area contributed by atoms with Gasteiger partial charge in [-0.2, -0.15) is 0 Å². The van der Waals surface area contributed by atoms with Crippen LogP contribution in [0, 0.1) is 5.92 Å². The first-order chi connectivity index (χ1) is 39.6. The summed E-state index contributed by atoms with van der Waals surface area (Å²) in [6.07, 6.45) is 40.5. The molecular weight excluding hydrogens is 1090 g/mol. The highest BCUT2D eigenvalue weighted by Gasteiger charge is 2.30. The molecular formula is C63H122O17P2. The summed E-state index contributed by atoms with van der Waals surface area (Å²) in [4.78, 5) is 71.9. The molecule has 82 heavy (non-hydrogen) atoms. The molecule has 0 fully saturated rings. The zero-order valence-electron chi connectivity index (χ0n) is 52.6. The van der Waals surface area contributed by atoms with Crippen molar-refractivity contribution in [1.82, 2.24) is 0 Å². The molecule has 0 radical (unpaired) electrons. The van der Waals surface area contributed by atoms with Gasteiger partial charge in [0.25, 0.3) is 0 Å². The van der Waals surface area contributed by atoms with Crippen molar-refractivity contribution >= 4 is 39.5 Å². The Balaban J connectivity index is 5.13. The normalized spacial score (nSPS) is 14.6. The second-order valence-corrected chi connectivity index (χ2v) is 25.9. The number of phosphoric acid groups is 2. The minimum atomic E-state index is -4.94. The second-order valence-electron chi connectivity index (χ2n) is 23.0. The molecule has 0 amide bonds. The third kappa shape index (κ3) is 55.9. The highest BCUT2D eigenvalue weighted by atomic mass is 31.2. The summed E-state index contributed by atoms with van der Waals surface area (Å²) in [5.41, 5.74) is 0. The Morgan fingerprint density at radius 1 is 0.341 bits per heavy atom. The number of esters is 4. The fraction of sp³-hybridized carbons (Fsp3) is 0.937. The molecule has 486 valence electrons. The Morgan fingerprint density at radius 3 is 0.866 bits per heavy atom. The van der Waals surface area contributed by atoms with Crippen molar-refractivity contribution in [1.29, 1.82) is 0 Å². The Labute approximate surface area is 498 Å². The van der Waals surface area contributed by atoms with Crippen molar-refractivity contribution in [2.45, 2.75) is 335 Å². The van der Waals surface area contributed by atoms with Crippen molar-refractivity contribution in [3.8, 4) is 0 Å². The van der Waals surface area contributed by atoms with Crippen LogP contribution in [0.3, 0.4) is 0 Å². The van der Waals surface area contributed by atoms with Gasteiger partial charge in [-0.15, -0.1) is 0 Å². The third-order valence-electron chi connectivity index (χ3n) is 14.9. The van der Waals surface area contributed by atoms with Crippen LogP contribution in [0.25, 0.3) is 0 Å². The predicted molar refractivity (Wildman–Crippen MR) is 326 cm³/mol. The van der Waals surface area contributed by atoms with Crippen LogP contribution in [0.2, 0.25) is 0 Å². The number of unbranched alkanes of at least 4 members (excludes halogenated alkanes) is 34. The molecule has 6 atom stereocenters. The summed E-state index contributed by atoms with van der Waals surface area (Å²) >= 11 is 0. The number of phosphoric ester groups is 2. The van der Waals surface area contributed by atoms with E-state index < -0.39 is 97.5 Å². The Bertz CT molecular complexity index is 1600. The van der Waals surface area contributed by atoms with Crippen LogP contribution in [-0.2, 0) is 65.4 Å². The second kappa shape index (κ2) is 56.8. The molecule has 0 spiro atoms. The molecule has 0 aromatic rings. The molecule has 0 aliphatic heterocycles. The van der Waals surface area contributed by atoms with E-state index in [0.29, 0.717) is 25.7 Å². The molecule has 0 rings (SSSR count). The van der Waals surface area contributed by atoms with E-state index in [4.69, 9.17) is 37.0 Å². The van der Waals surface area contributed by atoms with Crippen LogP contribution in [0.4, 0.5) is 0 Å². The fourth-order valence-corrected chi connectivity index (χ4v) is 11.0. The molecule has 0 heterocycles. The monoisotopic (exact) mass is 1210 g/mol. The third-order valence-corrected chi connectivity index (χ3v) is 16.8. The number of hydrogen-bond acceptors (Lipinski definition) is 15. The number of rotatable bonds is 63. The zero-order valence-corrected chi connectivity index (χ0v) is 54.4. The standard InChI is InChI=1S/C63H122O17P2/c1-6-10-13-16-19-20-28-33-37-42-47-61(66)74-53-59(80-63(68)49-44-39-34-29-26-24-22-21-23-25-27-32-35-40-45-56(5)9-4)55-78-82(71,72)76-51-57(64)50-75-81(69,70)77-54-58(79-62(67)48-43-38-31-18-15-12-8-3)52-73-60(65)46-41-36-30-17-14-11-7-2/h56-59,64H,6-55H2,1-5H3,(H,69,70)(H,71,72)/t56?,57-,58+,59+/m0/s1. The van der Waals surface area contributed by atoms with E-state index in [9.17, 15) is 43.2 Å². The molecule has 0 saturated heterocycles. The van der Waals surface area contributed by atoms with Crippen molar-refractivity contribution in [3.63, 3.8) is 0 Å². The van der Waals surface area contributed by atoms with Gasteiger partial charge in [0.15, 0.2) is 12.2 Å². The first kappa shape index (κ1) is 80.1. The molecule has 3 unspecified atom stereocenters. The predicted octanol–water partition coefficient (Wildman–Crippen LogP) is 17.4. The average molecular weight is 1210 g/mol. The minimum Gasteiger partial charge on any atom is -0.462 e. The van der Waals surface area contributed by atoms with E-state index in [1.165, 1.54) is 116 Å². The lowest BCUT2D eigenvalue weighted by atomic mass is 9.99. The van der Waals surface area contributed by atoms with Gasteiger partial charge in [0, 0.05) is 25.7 Å². The van der Waals surface area contributed by atoms with Gasteiger partial charge in [-0.3, -0.25) is 37.3 Å². The van der Waals surface area contributed by atoms with E-state index in [2.05, 4.69) is 34.6 Å².